The second kappa shape index (κ2) is 6.21. The van der Waals surface area contributed by atoms with Gasteiger partial charge in [0, 0.05) is 6.20 Å². The second-order valence-corrected chi connectivity index (χ2v) is 2.83. The number of carbonyl (C=O) groups excluding carboxylic acids is 1. The van der Waals surface area contributed by atoms with Crippen molar-refractivity contribution in [3.8, 4) is 17.9 Å². The molecule has 0 bridgehead atoms. The van der Waals surface area contributed by atoms with E-state index < -0.39 is 0 Å². The average molecular weight is 214 g/mol. The number of nitrogens with zero attached hydrogens (tertiary/aromatic N) is 2. The Hall–Kier alpha value is -2.33. The van der Waals surface area contributed by atoms with Gasteiger partial charge in [0.05, 0.1) is 18.2 Å². The SMILES string of the molecule is CCOC(=O)CC#Cc1cc(C#N)ccn1. The fourth-order valence-corrected chi connectivity index (χ4v) is 0.987. The number of ether oxygens (including phenoxy) is 1. The predicted octanol–water partition coefficient (Wildman–Crippen LogP) is 1.26. The number of pyridine rings is 1. The molecule has 1 rings (SSSR count). The monoisotopic (exact) mass is 214 g/mol. The Bertz CT molecular complexity index is 478. The summed E-state index contributed by atoms with van der Waals surface area (Å²) in [6.07, 6.45) is 1.54. The zero-order valence-corrected chi connectivity index (χ0v) is 8.86. The predicted molar refractivity (Wildman–Crippen MR) is 57.1 cm³/mol. The van der Waals surface area contributed by atoms with Gasteiger partial charge >= 0.3 is 5.97 Å². The van der Waals surface area contributed by atoms with Gasteiger partial charge in [-0.25, -0.2) is 4.98 Å². The maximum absolute atomic E-state index is 11.0. The lowest BCUT2D eigenvalue weighted by Gasteiger charge is -1.94. The Kier molecular flexibility index (Phi) is 4.56. The number of nitriles is 1. The normalized spacial score (nSPS) is 8.50. The number of esters is 1. The van der Waals surface area contributed by atoms with Crippen molar-refractivity contribution in [2.75, 3.05) is 6.61 Å². The summed E-state index contributed by atoms with van der Waals surface area (Å²) in [5.74, 6) is 4.98. The first-order valence-electron chi connectivity index (χ1n) is 4.77. The van der Waals surface area contributed by atoms with Crippen LogP contribution in [0.15, 0.2) is 18.3 Å². The summed E-state index contributed by atoms with van der Waals surface area (Å²) in [5.41, 5.74) is 0.971. The molecule has 0 aliphatic heterocycles. The van der Waals surface area contributed by atoms with Crippen molar-refractivity contribution < 1.29 is 9.53 Å². The van der Waals surface area contributed by atoms with E-state index in [1.54, 1.807) is 19.1 Å². The first-order chi connectivity index (χ1) is 7.76. The van der Waals surface area contributed by atoms with Gasteiger partial charge in [-0.15, -0.1) is 0 Å². The molecule has 0 saturated carbocycles. The van der Waals surface area contributed by atoms with E-state index in [1.807, 2.05) is 6.07 Å². The Balaban J connectivity index is 2.63. The van der Waals surface area contributed by atoms with Gasteiger partial charge < -0.3 is 4.74 Å². The van der Waals surface area contributed by atoms with Crippen molar-refractivity contribution in [1.29, 1.82) is 5.26 Å². The van der Waals surface area contributed by atoms with Crippen LogP contribution in [0, 0.1) is 23.2 Å². The Morgan fingerprint density at radius 3 is 3.12 bits per heavy atom. The van der Waals surface area contributed by atoms with Crippen LogP contribution in [-0.2, 0) is 9.53 Å². The molecule has 4 nitrogen and oxygen atoms in total. The van der Waals surface area contributed by atoms with Crippen LogP contribution in [0.4, 0.5) is 0 Å². The highest BCUT2D eigenvalue weighted by Gasteiger charge is 1.96. The van der Waals surface area contributed by atoms with Crippen LogP contribution in [0.25, 0.3) is 0 Å². The minimum Gasteiger partial charge on any atom is -0.465 e. The number of aromatic nitrogens is 1. The van der Waals surface area contributed by atoms with Crippen molar-refractivity contribution in [3.63, 3.8) is 0 Å². The molecule has 1 aromatic heterocycles. The summed E-state index contributed by atoms with van der Waals surface area (Å²) in [6, 6.07) is 5.15. The van der Waals surface area contributed by atoms with Crippen molar-refractivity contribution in [3.05, 3.63) is 29.6 Å². The van der Waals surface area contributed by atoms with Gasteiger partial charge in [-0.2, -0.15) is 5.26 Å². The Morgan fingerprint density at radius 1 is 1.62 bits per heavy atom. The fraction of sp³-hybridized carbons (Fsp3) is 0.250. The van der Waals surface area contributed by atoms with E-state index in [0.29, 0.717) is 17.9 Å². The molecule has 4 heteroatoms. The molecule has 0 aliphatic rings. The average Bonchev–Trinajstić information content (AvgIpc) is 2.30. The first kappa shape index (κ1) is 11.7. The summed E-state index contributed by atoms with van der Waals surface area (Å²) >= 11 is 0. The van der Waals surface area contributed by atoms with E-state index in [9.17, 15) is 4.79 Å². The third-order valence-corrected chi connectivity index (χ3v) is 1.64. The van der Waals surface area contributed by atoms with Crippen LogP contribution in [0.5, 0.6) is 0 Å². The van der Waals surface area contributed by atoms with Gasteiger partial charge in [0.15, 0.2) is 0 Å². The lowest BCUT2D eigenvalue weighted by molar-refractivity contribution is -0.141. The van der Waals surface area contributed by atoms with E-state index >= 15 is 0 Å². The summed E-state index contributed by atoms with van der Waals surface area (Å²) in [7, 11) is 0. The third kappa shape index (κ3) is 3.81. The van der Waals surface area contributed by atoms with E-state index in [2.05, 4.69) is 16.8 Å². The van der Waals surface area contributed by atoms with Gasteiger partial charge in [0.2, 0.25) is 0 Å². The van der Waals surface area contributed by atoms with E-state index in [0.717, 1.165) is 0 Å². The van der Waals surface area contributed by atoms with Gasteiger partial charge in [-0.05, 0) is 25.0 Å². The molecule has 1 aromatic rings. The van der Waals surface area contributed by atoms with Crippen LogP contribution in [0.2, 0.25) is 0 Å². The van der Waals surface area contributed by atoms with Crippen molar-refractivity contribution >= 4 is 5.97 Å². The zero-order valence-electron chi connectivity index (χ0n) is 8.86. The van der Waals surface area contributed by atoms with E-state index in [-0.39, 0.29) is 12.4 Å². The molecule has 0 N–H and O–H groups in total. The zero-order chi connectivity index (χ0) is 11.8. The molecule has 0 aromatic carbocycles. The third-order valence-electron chi connectivity index (χ3n) is 1.64. The molecular formula is C12H10N2O2. The van der Waals surface area contributed by atoms with Gasteiger partial charge in [0.1, 0.15) is 12.1 Å². The maximum atomic E-state index is 11.0. The maximum Gasteiger partial charge on any atom is 0.317 e. The minimum absolute atomic E-state index is 0.0340. The first-order valence-corrected chi connectivity index (χ1v) is 4.77. The molecule has 0 unspecified atom stereocenters. The largest absolute Gasteiger partial charge is 0.465 e. The molecule has 0 aliphatic carbocycles. The van der Waals surface area contributed by atoms with Gasteiger partial charge in [-0.3, -0.25) is 4.79 Å². The Labute approximate surface area is 93.9 Å². The molecule has 16 heavy (non-hydrogen) atoms. The summed E-state index contributed by atoms with van der Waals surface area (Å²) in [6.45, 7) is 2.09. The lowest BCUT2D eigenvalue weighted by Crippen LogP contribution is -2.01. The van der Waals surface area contributed by atoms with E-state index in [4.69, 9.17) is 10.00 Å². The highest BCUT2D eigenvalue weighted by Crippen LogP contribution is 1.98. The van der Waals surface area contributed by atoms with Crippen LogP contribution < -0.4 is 0 Å². The number of carbonyl (C=O) groups is 1. The lowest BCUT2D eigenvalue weighted by atomic mass is 10.2. The molecular weight excluding hydrogens is 204 g/mol. The summed E-state index contributed by atoms with van der Waals surface area (Å²) in [4.78, 5) is 14.9. The highest BCUT2D eigenvalue weighted by atomic mass is 16.5. The molecule has 0 atom stereocenters. The molecule has 0 spiro atoms. The number of rotatable bonds is 2. The minimum atomic E-state index is -0.355. The topological polar surface area (TPSA) is 63.0 Å². The van der Waals surface area contributed by atoms with Crippen molar-refractivity contribution in [1.82, 2.24) is 4.98 Å². The van der Waals surface area contributed by atoms with Crippen molar-refractivity contribution in [2.45, 2.75) is 13.3 Å². The number of hydrogen-bond donors (Lipinski definition) is 0. The van der Waals surface area contributed by atoms with Gasteiger partial charge in [-0.1, -0.05) is 5.92 Å². The highest BCUT2D eigenvalue weighted by molar-refractivity contribution is 5.72. The molecule has 0 radical (unpaired) electrons. The quantitative estimate of drug-likeness (QED) is 0.549. The van der Waals surface area contributed by atoms with Crippen molar-refractivity contribution in [2.24, 2.45) is 0 Å². The van der Waals surface area contributed by atoms with E-state index in [1.165, 1.54) is 6.20 Å². The second-order valence-electron chi connectivity index (χ2n) is 2.83. The number of hydrogen-bond acceptors (Lipinski definition) is 4. The standard InChI is InChI=1S/C12H10N2O2/c1-2-16-12(15)5-3-4-11-8-10(9-13)6-7-14-11/h6-8H,2,5H2,1H3. The van der Waals surface area contributed by atoms with Crippen LogP contribution in [0.3, 0.4) is 0 Å². The summed E-state index contributed by atoms with van der Waals surface area (Å²) in [5, 5.41) is 8.65. The molecule has 0 saturated heterocycles. The fourth-order valence-electron chi connectivity index (χ4n) is 0.987. The molecule has 1 heterocycles. The smallest absolute Gasteiger partial charge is 0.317 e. The van der Waals surface area contributed by atoms with Gasteiger partial charge in [0.25, 0.3) is 0 Å². The molecule has 0 amide bonds. The summed E-state index contributed by atoms with van der Waals surface area (Å²) < 4.78 is 4.71. The van der Waals surface area contributed by atoms with Crippen LogP contribution in [0.1, 0.15) is 24.6 Å². The molecule has 80 valence electrons. The molecule has 0 fully saturated rings. The Morgan fingerprint density at radius 2 is 2.44 bits per heavy atom. The van der Waals surface area contributed by atoms with Crippen LogP contribution in [-0.4, -0.2) is 17.6 Å². The van der Waals surface area contributed by atoms with Crippen LogP contribution >= 0.6 is 0 Å².